The third-order valence-corrected chi connectivity index (χ3v) is 3.65. The van der Waals surface area contributed by atoms with Crippen molar-refractivity contribution in [1.29, 1.82) is 0 Å². The molecule has 1 saturated heterocycles. The lowest BCUT2D eigenvalue weighted by Crippen LogP contribution is -2.52. The van der Waals surface area contributed by atoms with Gasteiger partial charge >= 0.3 is 5.97 Å². The monoisotopic (exact) mass is 212 g/mol. The third kappa shape index (κ3) is 2.32. The van der Waals surface area contributed by atoms with Crippen molar-refractivity contribution in [3.63, 3.8) is 0 Å². The number of nitrogens with zero attached hydrogens (tertiary/aromatic N) is 2. The Morgan fingerprint density at radius 1 is 1.33 bits per heavy atom. The van der Waals surface area contributed by atoms with Crippen LogP contribution in [0.5, 0.6) is 0 Å². The standard InChI is InChI=1S/C11H20N2O2/c1-12(2)10-5-6-13(8-3-4-8)7-9(10)11(14)15/h8-10H,3-7H2,1-2H3,(H,14,15). The van der Waals surface area contributed by atoms with E-state index in [2.05, 4.69) is 9.80 Å². The maximum absolute atomic E-state index is 11.2. The summed E-state index contributed by atoms with van der Waals surface area (Å²) in [6, 6.07) is 0.896. The van der Waals surface area contributed by atoms with E-state index in [9.17, 15) is 9.90 Å². The zero-order valence-electron chi connectivity index (χ0n) is 9.52. The molecule has 2 rings (SSSR count). The number of carboxylic acids is 1. The van der Waals surface area contributed by atoms with Gasteiger partial charge in [0.2, 0.25) is 0 Å². The Morgan fingerprint density at radius 3 is 2.47 bits per heavy atom. The van der Waals surface area contributed by atoms with Gasteiger partial charge in [-0.15, -0.1) is 0 Å². The van der Waals surface area contributed by atoms with Gasteiger partial charge in [0.1, 0.15) is 0 Å². The molecule has 2 atom stereocenters. The number of hydrogen-bond donors (Lipinski definition) is 1. The molecule has 15 heavy (non-hydrogen) atoms. The van der Waals surface area contributed by atoms with Crippen LogP contribution in [0.1, 0.15) is 19.3 Å². The first kappa shape index (κ1) is 10.9. The highest BCUT2D eigenvalue weighted by atomic mass is 16.4. The summed E-state index contributed by atoms with van der Waals surface area (Å²) < 4.78 is 0. The molecule has 1 saturated carbocycles. The summed E-state index contributed by atoms with van der Waals surface area (Å²) in [7, 11) is 3.96. The predicted molar refractivity (Wildman–Crippen MR) is 57.8 cm³/mol. The second-order valence-electron chi connectivity index (χ2n) is 4.99. The minimum Gasteiger partial charge on any atom is -0.481 e. The van der Waals surface area contributed by atoms with Crippen LogP contribution in [0.15, 0.2) is 0 Å². The van der Waals surface area contributed by atoms with Gasteiger partial charge in [0.05, 0.1) is 5.92 Å². The van der Waals surface area contributed by atoms with Crippen molar-refractivity contribution < 1.29 is 9.90 Å². The molecule has 4 heteroatoms. The lowest BCUT2D eigenvalue weighted by atomic mass is 9.91. The molecule has 0 amide bonds. The summed E-state index contributed by atoms with van der Waals surface area (Å²) in [4.78, 5) is 15.6. The van der Waals surface area contributed by atoms with E-state index in [0.29, 0.717) is 6.04 Å². The van der Waals surface area contributed by atoms with Crippen molar-refractivity contribution >= 4 is 5.97 Å². The van der Waals surface area contributed by atoms with Crippen LogP contribution in [0, 0.1) is 5.92 Å². The first-order valence-corrected chi connectivity index (χ1v) is 5.73. The van der Waals surface area contributed by atoms with Gasteiger partial charge in [0.15, 0.2) is 0 Å². The second-order valence-corrected chi connectivity index (χ2v) is 4.99. The quantitative estimate of drug-likeness (QED) is 0.739. The van der Waals surface area contributed by atoms with Crippen LogP contribution in [-0.2, 0) is 4.79 Å². The van der Waals surface area contributed by atoms with Gasteiger partial charge in [-0.25, -0.2) is 0 Å². The van der Waals surface area contributed by atoms with Crippen molar-refractivity contribution in [2.45, 2.75) is 31.3 Å². The molecule has 0 aromatic carbocycles. The zero-order valence-corrected chi connectivity index (χ0v) is 9.52. The molecule has 1 aliphatic heterocycles. The fraction of sp³-hybridized carbons (Fsp3) is 0.909. The third-order valence-electron chi connectivity index (χ3n) is 3.65. The first-order valence-electron chi connectivity index (χ1n) is 5.73. The van der Waals surface area contributed by atoms with E-state index in [0.717, 1.165) is 19.5 Å². The molecule has 0 aromatic rings. The Balaban J connectivity index is 2.01. The molecule has 0 aromatic heterocycles. The van der Waals surface area contributed by atoms with E-state index >= 15 is 0 Å². The number of aliphatic carboxylic acids is 1. The molecular weight excluding hydrogens is 192 g/mol. The Labute approximate surface area is 90.9 Å². The van der Waals surface area contributed by atoms with Crippen LogP contribution in [-0.4, -0.2) is 60.1 Å². The van der Waals surface area contributed by atoms with Crippen LogP contribution in [0.3, 0.4) is 0 Å². The molecular formula is C11H20N2O2. The maximum atomic E-state index is 11.2. The topological polar surface area (TPSA) is 43.8 Å². The van der Waals surface area contributed by atoms with Gasteiger partial charge in [-0.2, -0.15) is 0 Å². The normalized spacial score (nSPS) is 33.3. The average molecular weight is 212 g/mol. The van der Waals surface area contributed by atoms with Crippen LogP contribution in [0.25, 0.3) is 0 Å². The highest BCUT2D eigenvalue weighted by Crippen LogP contribution is 2.32. The van der Waals surface area contributed by atoms with Gasteiger partial charge in [0.25, 0.3) is 0 Å². The van der Waals surface area contributed by atoms with Gasteiger partial charge in [-0.1, -0.05) is 0 Å². The highest BCUT2D eigenvalue weighted by molar-refractivity contribution is 5.71. The highest BCUT2D eigenvalue weighted by Gasteiger charge is 2.40. The molecule has 2 aliphatic rings. The molecule has 1 N–H and O–H groups in total. The number of hydrogen-bond acceptors (Lipinski definition) is 3. The molecule has 2 fully saturated rings. The summed E-state index contributed by atoms with van der Waals surface area (Å²) in [5.41, 5.74) is 0. The second kappa shape index (κ2) is 4.10. The van der Waals surface area contributed by atoms with Crippen LogP contribution in [0.4, 0.5) is 0 Å². The van der Waals surface area contributed by atoms with Crippen LogP contribution in [0.2, 0.25) is 0 Å². The van der Waals surface area contributed by atoms with Gasteiger partial charge in [-0.3, -0.25) is 9.69 Å². The van der Waals surface area contributed by atoms with Crippen molar-refractivity contribution in [2.24, 2.45) is 5.92 Å². The average Bonchev–Trinajstić information content (AvgIpc) is 2.99. The Morgan fingerprint density at radius 2 is 2.00 bits per heavy atom. The molecule has 1 heterocycles. The van der Waals surface area contributed by atoms with Crippen LogP contribution < -0.4 is 0 Å². The minimum atomic E-state index is -0.640. The molecule has 0 spiro atoms. The largest absolute Gasteiger partial charge is 0.481 e. The van der Waals surface area contributed by atoms with Gasteiger partial charge < -0.3 is 10.0 Å². The van der Waals surface area contributed by atoms with E-state index in [1.807, 2.05) is 14.1 Å². The number of piperidine rings is 1. The van der Waals surface area contributed by atoms with Crippen LogP contribution >= 0.6 is 0 Å². The fourth-order valence-corrected chi connectivity index (χ4v) is 2.60. The summed E-state index contributed by atoms with van der Waals surface area (Å²) in [6.07, 6.45) is 3.51. The SMILES string of the molecule is CN(C)C1CCN(C2CC2)CC1C(=O)O. The minimum absolute atomic E-state index is 0.206. The summed E-state index contributed by atoms with van der Waals surface area (Å²) in [5, 5.41) is 9.22. The van der Waals surface area contributed by atoms with Crippen molar-refractivity contribution in [2.75, 3.05) is 27.2 Å². The molecule has 0 bridgehead atoms. The van der Waals surface area contributed by atoms with E-state index in [4.69, 9.17) is 0 Å². The van der Waals surface area contributed by atoms with Crippen molar-refractivity contribution in [3.8, 4) is 0 Å². The molecule has 1 aliphatic carbocycles. The molecule has 2 unspecified atom stereocenters. The number of likely N-dealkylation sites (tertiary alicyclic amines) is 1. The Bertz CT molecular complexity index is 251. The summed E-state index contributed by atoms with van der Waals surface area (Å²) >= 11 is 0. The number of carbonyl (C=O) groups is 1. The van der Waals surface area contributed by atoms with Gasteiger partial charge in [0, 0.05) is 18.6 Å². The number of carboxylic acid groups (broad SMARTS) is 1. The van der Waals surface area contributed by atoms with Crippen molar-refractivity contribution in [1.82, 2.24) is 9.80 Å². The number of rotatable bonds is 3. The zero-order chi connectivity index (χ0) is 11.0. The lowest BCUT2D eigenvalue weighted by Gasteiger charge is -2.39. The predicted octanol–water partition coefficient (Wildman–Crippen LogP) is 0.485. The Kier molecular flexibility index (Phi) is 2.98. The fourth-order valence-electron chi connectivity index (χ4n) is 2.60. The molecule has 0 radical (unpaired) electrons. The molecule has 86 valence electrons. The Hall–Kier alpha value is -0.610. The van der Waals surface area contributed by atoms with E-state index in [1.54, 1.807) is 0 Å². The maximum Gasteiger partial charge on any atom is 0.309 e. The summed E-state index contributed by atoms with van der Waals surface area (Å²) in [5.74, 6) is -0.853. The summed E-state index contributed by atoms with van der Waals surface area (Å²) in [6.45, 7) is 1.81. The van der Waals surface area contributed by atoms with E-state index in [-0.39, 0.29) is 12.0 Å². The molecule has 4 nitrogen and oxygen atoms in total. The lowest BCUT2D eigenvalue weighted by molar-refractivity contribution is -0.146. The van der Waals surface area contributed by atoms with E-state index in [1.165, 1.54) is 12.8 Å². The smallest absolute Gasteiger partial charge is 0.309 e. The van der Waals surface area contributed by atoms with Gasteiger partial charge in [-0.05, 0) is 39.9 Å². The first-order chi connectivity index (χ1) is 7.09. The van der Waals surface area contributed by atoms with Crippen molar-refractivity contribution in [3.05, 3.63) is 0 Å². The van der Waals surface area contributed by atoms with E-state index < -0.39 is 5.97 Å².